The Labute approximate surface area is 213 Å². The smallest absolute Gasteiger partial charge is 0.229 e. The number of benzene rings is 1. The van der Waals surface area contributed by atoms with Crippen molar-refractivity contribution in [2.45, 2.75) is 46.5 Å². The second-order valence-corrected chi connectivity index (χ2v) is 8.86. The van der Waals surface area contributed by atoms with E-state index in [2.05, 4.69) is 23.6 Å². The van der Waals surface area contributed by atoms with Crippen LogP contribution in [-0.2, 0) is 16.1 Å². The summed E-state index contributed by atoms with van der Waals surface area (Å²) in [7, 11) is 1.60. The van der Waals surface area contributed by atoms with E-state index in [0.29, 0.717) is 30.6 Å². The van der Waals surface area contributed by atoms with Crippen LogP contribution in [0.3, 0.4) is 0 Å². The van der Waals surface area contributed by atoms with Crippen LogP contribution in [0.15, 0.2) is 30.3 Å². The maximum absolute atomic E-state index is 9.74. The van der Waals surface area contributed by atoms with Crippen molar-refractivity contribution in [3.05, 3.63) is 35.9 Å². The van der Waals surface area contributed by atoms with Gasteiger partial charge in [-0.05, 0) is 44.2 Å². The molecule has 2 atom stereocenters. The highest BCUT2D eigenvalue weighted by atomic mass is 16.5. The van der Waals surface area contributed by atoms with Gasteiger partial charge in [0, 0.05) is 37.3 Å². The molecule has 0 amide bonds. The second-order valence-electron chi connectivity index (χ2n) is 8.86. The number of methoxy groups -OCH3 is 1. The molecule has 9 nitrogen and oxygen atoms in total. The average Bonchev–Trinajstić information content (AvgIpc) is 2.92. The van der Waals surface area contributed by atoms with Gasteiger partial charge < -0.3 is 29.1 Å². The number of aromatic nitrogens is 3. The first-order valence-corrected chi connectivity index (χ1v) is 12.8. The highest BCUT2D eigenvalue weighted by Gasteiger charge is 2.26. The number of hydrogen-bond acceptors (Lipinski definition) is 9. The van der Waals surface area contributed by atoms with Crippen molar-refractivity contribution in [1.82, 2.24) is 15.0 Å². The average molecular weight is 496 g/mol. The van der Waals surface area contributed by atoms with Crippen molar-refractivity contribution < 1.29 is 19.3 Å². The number of anilines is 2. The lowest BCUT2D eigenvalue weighted by atomic mass is 10.1. The van der Waals surface area contributed by atoms with Crippen molar-refractivity contribution in [3.63, 3.8) is 0 Å². The first kappa shape index (κ1) is 26.1. The van der Waals surface area contributed by atoms with Gasteiger partial charge in [-0.1, -0.05) is 13.8 Å². The van der Waals surface area contributed by atoms with Gasteiger partial charge in [-0.2, -0.15) is 9.97 Å². The van der Waals surface area contributed by atoms with E-state index in [0.717, 1.165) is 54.2 Å². The molecule has 3 aromatic rings. The van der Waals surface area contributed by atoms with Gasteiger partial charge in [0.15, 0.2) is 5.65 Å². The van der Waals surface area contributed by atoms with Gasteiger partial charge in [-0.3, -0.25) is 0 Å². The quantitative estimate of drug-likeness (QED) is 0.569. The lowest BCUT2D eigenvalue weighted by Crippen LogP contribution is -2.46. The number of fused-ring (bicyclic) bond motifs is 1. The summed E-state index contributed by atoms with van der Waals surface area (Å²) in [4.78, 5) is 19.3. The number of pyridine rings is 1. The maximum atomic E-state index is 9.74. The van der Waals surface area contributed by atoms with E-state index in [9.17, 15) is 5.11 Å². The molecule has 2 aliphatic rings. The Hall–Kier alpha value is -3.01. The van der Waals surface area contributed by atoms with Gasteiger partial charge in [0.2, 0.25) is 5.95 Å². The zero-order chi connectivity index (χ0) is 25.7. The van der Waals surface area contributed by atoms with Crippen molar-refractivity contribution in [3.8, 4) is 17.0 Å². The Morgan fingerprint density at radius 3 is 2.36 bits per heavy atom. The normalized spacial score (nSPS) is 20.2. The van der Waals surface area contributed by atoms with Gasteiger partial charge in [0.05, 0.1) is 50.2 Å². The Morgan fingerprint density at radius 2 is 1.69 bits per heavy atom. The number of nitrogens with zero attached hydrogens (tertiary/aromatic N) is 5. The van der Waals surface area contributed by atoms with Crippen LogP contribution < -0.4 is 14.5 Å². The third-order valence-corrected chi connectivity index (χ3v) is 6.29. The molecule has 194 valence electrons. The molecule has 0 unspecified atom stereocenters. The first-order chi connectivity index (χ1) is 17.6. The Morgan fingerprint density at radius 1 is 0.972 bits per heavy atom. The zero-order valence-electron chi connectivity index (χ0n) is 21.9. The van der Waals surface area contributed by atoms with E-state index in [4.69, 9.17) is 29.2 Å². The molecule has 0 radical (unpaired) electrons. The SMILES string of the molecule is CC.COc1ccc(-c2ccc3c(N4CCOCC4)nc(N4C[C@@H](C)O[C@@H](C)C4)nc3n2)cc1CO. The van der Waals surface area contributed by atoms with Gasteiger partial charge in [-0.25, -0.2) is 4.98 Å². The molecule has 9 heteroatoms. The van der Waals surface area contributed by atoms with Crippen LogP contribution in [0, 0.1) is 0 Å². The summed E-state index contributed by atoms with van der Waals surface area (Å²) in [5.41, 5.74) is 3.05. The molecule has 36 heavy (non-hydrogen) atoms. The summed E-state index contributed by atoms with van der Waals surface area (Å²) in [6, 6.07) is 9.73. The third-order valence-electron chi connectivity index (χ3n) is 6.29. The van der Waals surface area contributed by atoms with Crippen LogP contribution in [0.4, 0.5) is 11.8 Å². The van der Waals surface area contributed by atoms with E-state index in [1.807, 2.05) is 44.2 Å². The summed E-state index contributed by atoms with van der Waals surface area (Å²) >= 11 is 0. The molecule has 5 rings (SSSR count). The Balaban J connectivity index is 0.00000148. The van der Waals surface area contributed by atoms with Crippen LogP contribution in [0.5, 0.6) is 5.75 Å². The summed E-state index contributed by atoms with van der Waals surface area (Å²) in [6.45, 7) is 12.4. The van der Waals surface area contributed by atoms with Crippen molar-refractivity contribution in [2.75, 3.05) is 56.3 Å². The predicted octanol–water partition coefficient (Wildman–Crippen LogP) is 3.67. The number of aliphatic hydroxyl groups excluding tert-OH is 1. The molecule has 2 fully saturated rings. The fraction of sp³-hybridized carbons (Fsp3) is 0.519. The molecule has 1 aromatic carbocycles. The van der Waals surface area contributed by atoms with Crippen molar-refractivity contribution >= 4 is 22.8 Å². The molecule has 0 aliphatic carbocycles. The van der Waals surface area contributed by atoms with Crippen LogP contribution in [0.2, 0.25) is 0 Å². The predicted molar refractivity (Wildman–Crippen MR) is 142 cm³/mol. The monoisotopic (exact) mass is 495 g/mol. The number of morpholine rings is 2. The summed E-state index contributed by atoms with van der Waals surface area (Å²) < 4.78 is 16.8. The summed E-state index contributed by atoms with van der Waals surface area (Å²) in [6.07, 6.45) is 0.204. The summed E-state index contributed by atoms with van der Waals surface area (Å²) in [5.74, 6) is 2.22. The first-order valence-electron chi connectivity index (χ1n) is 12.8. The minimum Gasteiger partial charge on any atom is -0.496 e. The lowest BCUT2D eigenvalue weighted by molar-refractivity contribution is -0.00570. The number of ether oxygens (including phenoxy) is 3. The molecule has 2 saturated heterocycles. The lowest BCUT2D eigenvalue weighted by Gasteiger charge is -2.36. The second kappa shape index (κ2) is 11.8. The van der Waals surface area contributed by atoms with E-state index in [1.165, 1.54) is 0 Å². The number of aliphatic hydroxyl groups is 1. The maximum Gasteiger partial charge on any atom is 0.229 e. The highest BCUT2D eigenvalue weighted by molar-refractivity contribution is 5.90. The molecule has 2 aromatic heterocycles. The molecule has 1 N–H and O–H groups in total. The van der Waals surface area contributed by atoms with E-state index in [1.54, 1.807) is 7.11 Å². The molecule has 0 spiro atoms. The molecule has 0 saturated carbocycles. The van der Waals surface area contributed by atoms with Crippen LogP contribution >= 0.6 is 0 Å². The van der Waals surface area contributed by atoms with E-state index in [-0.39, 0.29) is 18.8 Å². The third kappa shape index (κ3) is 5.53. The Bertz CT molecular complexity index is 1160. The highest BCUT2D eigenvalue weighted by Crippen LogP contribution is 2.31. The van der Waals surface area contributed by atoms with Crippen LogP contribution in [-0.4, -0.2) is 78.8 Å². The van der Waals surface area contributed by atoms with Gasteiger partial charge in [-0.15, -0.1) is 0 Å². The largest absolute Gasteiger partial charge is 0.496 e. The fourth-order valence-electron chi connectivity index (χ4n) is 4.70. The topological polar surface area (TPSA) is 93.1 Å². The summed E-state index contributed by atoms with van der Waals surface area (Å²) in [5, 5.41) is 10.7. The number of rotatable bonds is 5. The van der Waals surface area contributed by atoms with Gasteiger partial charge in [0.1, 0.15) is 11.6 Å². The van der Waals surface area contributed by atoms with Crippen LogP contribution in [0.1, 0.15) is 33.3 Å². The van der Waals surface area contributed by atoms with Crippen molar-refractivity contribution in [2.24, 2.45) is 0 Å². The van der Waals surface area contributed by atoms with E-state index >= 15 is 0 Å². The van der Waals surface area contributed by atoms with Gasteiger partial charge in [0.25, 0.3) is 0 Å². The fourth-order valence-corrected chi connectivity index (χ4v) is 4.70. The molecular weight excluding hydrogens is 458 g/mol. The van der Waals surface area contributed by atoms with Crippen LogP contribution in [0.25, 0.3) is 22.3 Å². The molecular formula is C27H37N5O4. The Kier molecular flexibility index (Phi) is 8.56. The molecule has 0 bridgehead atoms. The van der Waals surface area contributed by atoms with E-state index < -0.39 is 0 Å². The standard InChI is InChI=1S/C25H31N5O4.C2H6/c1-16-13-30(14-17(2)34-16)25-27-23-20(24(28-25)29-8-10-33-11-9-29)5-6-21(26-23)18-4-7-22(32-3)19(12-18)15-31;1-2/h4-7,12,16-17,31H,8-11,13-15H2,1-3H3;1-2H3/t16-,17+;. The molecule has 2 aliphatic heterocycles. The zero-order valence-corrected chi connectivity index (χ0v) is 21.9. The molecule has 4 heterocycles. The minimum absolute atomic E-state index is 0.102. The number of hydrogen-bond donors (Lipinski definition) is 1. The van der Waals surface area contributed by atoms with Crippen molar-refractivity contribution in [1.29, 1.82) is 0 Å². The van der Waals surface area contributed by atoms with Gasteiger partial charge >= 0.3 is 0 Å². The minimum atomic E-state index is -0.106.